The Bertz CT molecular complexity index is 383. The molecule has 1 atom stereocenters. The number of hydrogen-bond acceptors (Lipinski definition) is 3. The number of thioether (sulfide) groups is 1. The lowest BCUT2D eigenvalue weighted by Crippen LogP contribution is -2.37. The van der Waals surface area contributed by atoms with E-state index in [1.165, 1.54) is 17.8 Å². The fourth-order valence-corrected chi connectivity index (χ4v) is 2.28. The van der Waals surface area contributed by atoms with Gasteiger partial charge in [-0.3, -0.25) is 4.79 Å². The van der Waals surface area contributed by atoms with Crippen LogP contribution in [0.5, 0.6) is 0 Å². The van der Waals surface area contributed by atoms with Gasteiger partial charge in [0, 0.05) is 17.1 Å². The van der Waals surface area contributed by atoms with Crippen LogP contribution in [0.4, 0.5) is 4.39 Å². The van der Waals surface area contributed by atoms with E-state index in [0.29, 0.717) is 23.5 Å². The molecular weight excluding hydrogens is 253 g/mol. The Morgan fingerprint density at radius 3 is 2.83 bits per heavy atom. The van der Waals surface area contributed by atoms with Gasteiger partial charge >= 0.3 is 0 Å². The highest BCUT2D eigenvalue weighted by Gasteiger charge is 2.09. The van der Waals surface area contributed by atoms with Crippen LogP contribution in [0.2, 0.25) is 0 Å². The number of aliphatic hydroxyl groups is 1. The molecule has 0 aliphatic carbocycles. The SMILES string of the molecule is CCC(CO)NC(=O)CCSc1ccccc1F. The maximum Gasteiger partial charge on any atom is 0.221 e. The highest BCUT2D eigenvalue weighted by atomic mass is 32.2. The van der Waals surface area contributed by atoms with Crippen LogP contribution in [0.1, 0.15) is 19.8 Å². The van der Waals surface area contributed by atoms with Crippen LogP contribution in [-0.2, 0) is 4.79 Å². The van der Waals surface area contributed by atoms with E-state index in [-0.39, 0.29) is 24.4 Å². The van der Waals surface area contributed by atoms with Gasteiger partial charge in [0.15, 0.2) is 0 Å². The van der Waals surface area contributed by atoms with Crippen LogP contribution in [-0.4, -0.2) is 29.4 Å². The molecule has 0 saturated heterocycles. The van der Waals surface area contributed by atoms with E-state index in [1.54, 1.807) is 18.2 Å². The highest BCUT2D eigenvalue weighted by Crippen LogP contribution is 2.21. The van der Waals surface area contributed by atoms with E-state index < -0.39 is 0 Å². The number of halogens is 1. The van der Waals surface area contributed by atoms with Crippen LogP contribution in [0, 0.1) is 5.82 Å². The Kier molecular flexibility index (Phi) is 6.75. The maximum absolute atomic E-state index is 13.3. The Hall–Kier alpha value is -1.07. The standard InChI is InChI=1S/C13H18FNO2S/c1-2-10(9-16)15-13(17)7-8-18-12-6-4-3-5-11(12)14/h3-6,10,16H,2,7-9H2,1H3,(H,15,17). The lowest BCUT2D eigenvalue weighted by Gasteiger charge is -2.13. The lowest BCUT2D eigenvalue weighted by atomic mass is 10.2. The maximum atomic E-state index is 13.3. The Labute approximate surface area is 111 Å². The molecule has 5 heteroatoms. The summed E-state index contributed by atoms with van der Waals surface area (Å²) in [7, 11) is 0. The largest absolute Gasteiger partial charge is 0.394 e. The number of aliphatic hydroxyl groups excluding tert-OH is 1. The molecule has 0 fully saturated rings. The molecule has 2 N–H and O–H groups in total. The summed E-state index contributed by atoms with van der Waals surface area (Å²) in [5.74, 6) is 0.152. The van der Waals surface area contributed by atoms with Gasteiger partial charge in [-0.1, -0.05) is 19.1 Å². The normalized spacial score (nSPS) is 12.2. The van der Waals surface area contributed by atoms with Crippen LogP contribution < -0.4 is 5.32 Å². The monoisotopic (exact) mass is 271 g/mol. The predicted octanol–water partition coefficient (Wildman–Crippen LogP) is 2.20. The van der Waals surface area contributed by atoms with Crippen LogP contribution in [0.25, 0.3) is 0 Å². The van der Waals surface area contributed by atoms with Crippen molar-refractivity contribution in [2.45, 2.75) is 30.7 Å². The summed E-state index contributed by atoms with van der Waals surface area (Å²) in [6.07, 6.45) is 1.01. The van der Waals surface area contributed by atoms with E-state index >= 15 is 0 Å². The third kappa shape index (κ3) is 5.06. The lowest BCUT2D eigenvalue weighted by molar-refractivity contribution is -0.121. The zero-order valence-corrected chi connectivity index (χ0v) is 11.2. The summed E-state index contributed by atoms with van der Waals surface area (Å²) in [5, 5.41) is 11.7. The van der Waals surface area contributed by atoms with Crippen molar-refractivity contribution in [2.24, 2.45) is 0 Å². The summed E-state index contributed by atoms with van der Waals surface area (Å²) in [6.45, 7) is 1.85. The molecule has 0 bridgehead atoms. The second-order valence-corrected chi connectivity index (χ2v) is 5.02. The van der Waals surface area contributed by atoms with E-state index in [0.717, 1.165) is 0 Å². The van der Waals surface area contributed by atoms with Crippen molar-refractivity contribution in [2.75, 3.05) is 12.4 Å². The number of rotatable bonds is 7. The molecular formula is C13H18FNO2S. The second kappa shape index (κ2) is 8.11. The molecule has 0 heterocycles. The fourth-order valence-electron chi connectivity index (χ4n) is 1.39. The second-order valence-electron chi connectivity index (χ2n) is 3.88. The van der Waals surface area contributed by atoms with Gasteiger partial charge in [0.1, 0.15) is 5.82 Å². The first kappa shape index (κ1) is 15.0. The van der Waals surface area contributed by atoms with E-state index in [4.69, 9.17) is 5.11 Å². The molecule has 1 rings (SSSR count). The number of amides is 1. The van der Waals surface area contributed by atoms with Gasteiger partial charge in [-0.15, -0.1) is 11.8 Å². The number of carbonyl (C=O) groups excluding carboxylic acids is 1. The van der Waals surface area contributed by atoms with Crippen molar-refractivity contribution >= 4 is 17.7 Å². The average Bonchev–Trinajstić information content (AvgIpc) is 2.38. The van der Waals surface area contributed by atoms with E-state index in [9.17, 15) is 9.18 Å². The molecule has 0 radical (unpaired) electrons. The van der Waals surface area contributed by atoms with E-state index in [2.05, 4.69) is 5.32 Å². The van der Waals surface area contributed by atoms with Gasteiger partial charge in [-0.2, -0.15) is 0 Å². The molecule has 0 aliphatic heterocycles. The van der Waals surface area contributed by atoms with Gasteiger partial charge in [0.05, 0.1) is 12.6 Å². The fraction of sp³-hybridized carbons (Fsp3) is 0.462. The zero-order chi connectivity index (χ0) is 13.4. The summed E-state index contributed by atoms with van der Waals surface area (Å²) < 4.78 is 13.3. The summed E-state index contributed by atoms with van der Waals surface area (Å²) in [6, 6.07) is 6.32. The first-order valence-electron chi connectivity index (χ1n) is 5.95. The molecule has 0 aromatic heterocycles. The van der Waals surface area contributed by atoms with Gasteiger partial charge < -0.3 is 10.4 Å². The molecule has 0 spiro atoms. The van der Waals surface area contributed by atoms with Gasteiger partial charge in [-0.25, -0.2) is 4.39 Å². The molecule has 1 aromatic rings. The van der Waals surface area contributed by atoms with Crippen molar-refractivity contribution in [3.8, 4) is 0 Å². The first-order valence-corrected chi connectivity index (χ1v) is 6.93. The predicted molar refractivity (Wildman–Crippen MR) is 71.0 cm³/mol. The number of nitrogens with one attached hydrogen (secondary N) is 1. The third-order valence-corrected chi connectivity index (χ3v) is 3.55. The number of benzene rings is 1. The van der Waals surface area contributed by atoms with E-state index in [1.807, 2.05) is 6.92 Å². The topological polar surface area (TPSA) is 49.3 Å². The van der Waals surface area contributed by atoms with Crippen molar-refractivity contribution in [1.29, 1.82) is 0 Å². The Morgan fingerprint density at radius 1 is 1.50 bits per heavy atom. The zero-order valence-electron chi connectivity index (χ0n) is 10.4. The van der Waals surface area contributed by atoms with Crippen molar-refractivity contribution in [3.05, 3.63) is 30.1 Å². The Morgan fingerprint density at radius 2 is 2.22 bits per heavy atom. The first-order chi connectivity index (χ1) is 8.67. The minimum Gasteiger partial charge on any atom is -0.394 e. The highest BCUT2D eigenvalue weighted by molar-refractivity contribution is 7.99. The molecule has 18 heavy (non-hydrogen) atoms. The molecule has 1 amide bonds. The van der Waals surface area contributed by atoms with Gasteiger partial charge in [0.2, 0.25) is 5.91 Å². The quantitative estimate of drug-likeness (QED) is 0.747. The molecule has 1 unspecified atom stereocenters. The minimum atomic E-state index is -0.260. The third-order valence-electron chi connectivity index (χ3n) is 2.50. The van der Waals surface area contributed by atoms with Crippen LogP contribution >= 0.6 is 11.8 Å². The number of carbonyl (C=O) groups is 1. The smallest absolute Gasteiger partial charge is 0.221 e. The molecule has 100 valence electrons. The molecule has 0 saturated carbocycles. The van der Waals surface area contributed by atoms with Crippen molar-refractivity contribution in [3.63, 3.8) is 0 Å². The molecule has 1 aromatic carbocycles. The average molecular weight is 271 g/mol. The van der Waals surface area contributed by atoms with Gasteiger partial charge in [-0.05, 0) is 18.6 Å². The minimum absolute atomic E-state index is 0.0529. The summed E-state index contributed by atoms with van der Waals surface area (Å²) in [4.78, 5) is 12.1. The number of hydrogen-bond donors (Lipinski definition) is 2. The van der Waals surface area contributed by atoms with Crippen LogP contribution in [0.3, 0.4) is 0 Å². The molecule has 3 nitrogen and oxygen atoms in total. The Balaban J connectivity index is 2.29. The van der Waals surface area contributed by atoms with Crippen molar-refractivity contribution < 1.29 is 14.3 Å². The van der Waals surface area contributed by atoms with Crippen molar-refractivity contribution in [1.82, 2.24) is 5.32 Å². The molecule has 0 aliphatic rings. The van der Waals surface area contributed by atoms with Gasteiger partial charge in [0.25, 0.3) is 0 Å². The van der Waals surface area contributed by atoms with Crippen LogP contribution in [0.15, 0.2) is 29.2 Å². The summed E-state index contributed by atoms with van der Waals surface area (Å²) >= 11 is 1.32. The summed E-state index contributed by atoms with van der Waals surface area (Å²) in [5.41, 5.74) is 0.